The number of halogens is 4. The molecule has 0 saturated carbocycles. The fraction of sp³-hybridized carbons (Fsp3) is 0.100. The lowest BCUT2D eigenvalue weighted by Gasteiger charge is -2.11. The molecule has 4 aromatic rings. The van der Waals surface area contributed by atoms with E-state index in [4.69, 9.17) is 27.6 Å². The third-order valence-electron chi connectivity index (χ3n) is 4.40. The Kier molecular flexibility index (Phi) is 6.18. The number of carbonyl (C=O) groups is 1. The van der Waals surface area contributed by atoms with Gasteiger partial charge in [-0.3, -0.25) is 9.78 Å². The standard InChI is InChI=1S/C20H13Cl2F2N3O4S/c1-32(29)27-9-2-4-14-11(6-9)16-10(3-5-15(18(16)30-14)31-20(23)24)19(28)26-17-12(21)7-25-8-13(17)22/h2-8,20,27H,1H3,(H,25,26,28). The van der Waals surface area contributed by atoms with Gasteiger partial charge in [0.25, 0.3) is 5.91 Å². The summed E-state index contributed by atoms with van der Waals surface area (Å²) in [7, 11) is -1.36. The normalized spacial score (nSPS) is 12.3. The third-order valence-corrected chi connectivity index (χ3v) is 5.49. The Hall–Kier alpha value is -2.95. The van der Waals surface area contributed by atoms with E-state index in [1.54, 1.807) is 18.2 Å². The molecule has 0 radical (unpaired) electrons. The van der Waals surface area contributed by atoms with Gasteiger partial charge in [-0.15, -0.1) is 0 Å². The molecule has 7 nitrogen and oxygen atoms in total. The first-order valence-electron chi connectivity index (χ1n) is 8.89. The van der Waals surface area contributed by atoms with E-state index < -0.39 is 23.5 Å². The number of nitrogens with zero attached hydrogens (tertiary/aromatic N) is 1. The number of aromatic nitrogens is 1. The molecule has 0 aliphatic rings. The van der Waals surface area contributed by atoms with Crippen LogP contribution in [0.15, 0.2) is 47.1 Å². The molecule has 0 fully saturated rings. The summed E-state index contributed by atoms with van der Waals surface area (Å²) >= 11 is 12.2. The summed E-state index contributed by atoms with van der Waals surface area (Å²) < 4.78 is 50.4. The highest BCUT2D eigenvalue weighted by molar-refractivity contribution is 7.85. The number of benzene rings is 2. The van der Waals surface area contributed by atoms with Crippen molar-refractivity contribution in [3.63, 3.8) is 0 Å². The molecular weight excluding hydrogens is 487 g/mol. The second-order valence-electron chi connectivity index (χ2n) is 6.50. The average molecular weight is 500 g/mol. The van der Waals surface area contributed by atoms with Crippen LogP contribution in [0.25, 0.3) is 21.9 Å². The lowest BCUT2D eigenvalue weighted by atomic mass is 10.0. The highest BCUT2D eigenvalue weighted by Crippen LogP contribution is 2.39. The van der Waals surface area contributed by atoms with Gasteiger partial charge in [-0.1, -0.05) is 23.2 Å². The maximum atomic E-state index is 13.1. The first-order chi connectivity index (χ1) is 15.2. The lowest BCUT2D eigenvalue weighted by molar-refractivity contribution is -0.0493. The number of hydrogen-bond donors (Lipinski definition) is 2. The maximum absolute atomic E-state index is 13.1. The Bertz CT molecular complexity index is 1360. The van der Waals surface area contributed by atoms with E-state index in [0.717, 1.165) is 0 Å². The first kappa shape index (κ1) is 22.3. The zero-order valence-corrected chi connectivity index (χ0v) is 18.4. The zero-order valence-electron chi connectivity index (χ0n) is 16.1. The number of pyridine rings is 1. The second kappa shape index (κ2) is 8.89. The molecule has 0 spiro atoms. The van der Waals surface area contributed by atoms with Gasteiger partial charge in [0.15, 0.2) is 11.3 Å². The van der Waals surface area contributed by atoms with E-state index in [-0.39, 0.29) is 38.0 Å². The number of ether oxygens (including phenoxy) is 1. The van der Waals surface area contributed by atoms with Crippen LogP contribution in [-0.4, -0.2) is 28.0 Å². The zero-order chi connectivity index (χ0) is 23.0. The largest absolute Gasteiger partial charge is 0.452 e. The number of alkyl halides is 2. The second-order valence-corrected chi connectivity index (χ2v) is 8.42. The topological polar surface area (TPSA) is 93.5 Å². The molecule has 0 aliphatic heterocycles. The predicted molar refractivity (Wildman–Crippen MR) is 120 cm³/mol. The SMILES string of the molecule is CS(=O)Nc1ccc2oc3c(OC(F)F)ccc(C(=O)Nc4c(Cl)cncc4Cl)c3c2c1. The van der Waals surface area contributed by atoms with E-state index in [0.29, 0.717) is 16.7 Å². The number of anilines is 2. The number of hydrogen-bond acceptors (Lipinski definition) is 5. The van der Waals surface area contributed by atoms with Crippen LogP contribution >= 0.6 is 23.2 Å². The lowest BCUT2D eigenvalue weighted by Crippen LogP contribution is -2.13. The van der Waals surface area contributed by atoms with Crippen LogP contribution in [-0.2, 0) is 11.0 Å². The molecule has 2 aromatic heterocycles. The van der Waals surface area contributed by atoms with Gasteiger partial charge in [0, 0.05) is 35.1 Å². The Morgan fingerprint density at radius 3 is 2.56 bits per heavy atom. The van der Waals surface area contributed by atoms with E-state index in [9.17, 15) is 17.8 Å². The Morgan fingerprint density at radius 2 is 1.91 bits per heavy atom. The smallest absolute Gasteiger partial charge is 0.387 e. The van der Waals surface area contributed by atoms with Gasteiger partial charge in [0.2, 0.25) is 0 Å². The van der Waals surface area contributed by atoms with E-state index in [1.165, 1.54) is 30.8 Å². The molecule has 166 valence electrons. The number of furan rings is 1. The molecular formula is C20H13Cl2F2N3O4S. The van der Waals surface area contributed by atoms with Crippen LogP contribution in [0.3, 0.4) is 0 Å². The van der Waals surface area contributed by atoms with Crippen LogP contribution in [0.1, 0.15) is 10.4 Å². The summed E-state index contributed by atoms with van der Waals surface area (Å²) in [5, 5.41) is 3.50. The van der Waals surface area contributed by atoms with Gasteiger partial charge >= 0.3 is 6.61 Å². The molecule has 1 atom stereocenters. The number of nitrogens with one attached hydrogen (secondary N) is 2. The third kappa shape index (κ3) is 4.34. The summed E-state index contributed by atoms with van der Waals surface area (Å²) in [6, 6.07) is 7.30. The molecule has 1 amide bonds. The van der Waals surface area contributed by atoms with Crippen molar-refractivity contribution in [1.82, 2.24) is 4.98 Å². The maximum Gasteiger partial charge on any atom is 0.387 e. The first-order valence-corrected chi connectivity index (χ1v) is 11.2. The quantitative estimate of drug-likeness (QED) is 0.347. The van der Waals surface area contributed by atoms with Gasteiger partial charge in [-0.05, 0) is 30.3 Å². The molecule has 2 N–H and O–H groups in total. The van der Waals surface area contributed by atoms with Gasteiger partial charge in [-0.25, -0.2) is 4.21 Å². The summed E-state index contributed by atoms with van der Waals surface area (Å²) in [6.45, 7) is -3.10. The number of carbonyl (C=O) groups excluding carboxylic acids is 1. The molecule has 4 rings (SSSR count). The Balaban J connectivity index is 1.91. The summed E-state index contributed by atoms with van der Waals surface area (Å²) in [5.74, 6) is -0.856. The molecule has 2 heterocycles. The average Bonchev–Trinajstić information content (AvgIpc) is 3.09. The molecule has 12 heteroatoms. The van der Waals surface area contributed by atoms with Crippen molar-refractivity contribution < 1.29 is 26.9 Å². The van der Waals surface area contributed by atoms with Crippen molar-refractivity contribution in [3.05, 3.63) is 58.3 Å². The molecule has 1 unspecified atom stereocenters. The van der Waals surface area contributed by atoms with Gasteiger partial charge in [-0.2, -0.15) is 8.78 Å². The van der Waals surface area contributed by atoms with Crippen molar-refractivity contribution in [1.29, 1.82) is 0 Å². The highest BCUT2D eigenvalue weighted by atomic mass is 35.5. The minimum atomic E-state index is -3.10. The molecule has 0 bridgehead atoms. The molecule has 2 aromatic carbocycles. The van der Waals surface area contributed by atoms with Crippen molar-refractivity contribution in [2.24, 2.45) is 0 Å². The van der Waals surface area contributed by atoms with Crippen molar-refractivity contribution in [2.45, 2.75) is 6.61 Å². The van der Waals surface area contributed by atoms with Crippen molar-refractivity contribution >= 4 is 73.4 Å². The fourth-order valence-corrected chi connectivity index (χ4v) is 4.09. The number of fused-ring (bicyclic) bond motifs is 3. The highest BCUT2D eigenvalue weighted by Gasteiger charge is 2.23. The van der Waals surface area contributed by atoms with E-state index in [2.05, 4.69) is 19.8 Å². The van der Waals surface area contributed by atoms with Crippen LogP contribution in [0.4, 0.5) is 20.2 Å². The minimum absolute atomic E-state index is 0.0466. The Morgan fingerprint density at radius 1 is 1.19 bits per heavy atom. The minimum Gasteiger partial charge on any atom is -0.452 e. The van der Waals surface area contributed by atoms with Gasteiger partial charge in [0.05, 0.1) is 21.3 Å². The number of rotatable bonds is 6. The number of amides is 1. The molecule has 0 saturated heterocycles. The monoisotopic (exact) mass is 499 g/mol. The van der Waals surface area contributed by atoms with Gasteiger partial charge < -0.3 is 19.2 Å². The van der Waals surface area contributed by atoms with Crippen LogP contribution < -0.4 is 14.8 Å². The Labute approximate surface area is 192 Å². The van der Waals surface area contributed by atoms with Crippen LogP contribution in [0.2, 0.25) is 10.0 Å². The summed E-state index contributed by atoms with van der Waals surface area (Å²) in [4.78, 5) is 17.0. The van der Waals surface area contributed by atoms with Crippen LogP contribution in [0, 0.1) is 0 Å². The van der Waals surface area contributed by atoms with Crippen LogP contribution in [0.5, 0.6) is 5.75 Å². The van der Waals surface area contributed by atoms with Gasteiger partial charge in [0.1, 0.15) is 16.6 Å². The van der Waals surface area contributed by atoms with Crippen molar-refractivity contribution in [3.8, 4) is 5.75 Å². The van der Waals surface area contributed by atoms with E-state index >= 15 is 0 Å². The summed E-state index contributed by atoms with van der Waals surface area (Å²) in [6.07, 6.45) is 4.08. The fourth-order valence-electron chi connectivity index (χ4n) is 3.18. The molecule has 32 heavy (non-hydrogen) atoms. The van der Waals surface area contributed by atoms with Crippen molar-refractivity contribution in [2.75, 3.05) is 16.3 Å². The molecule has 0 aliphatic carbocycles. The van der Waals surface area contributed by atoms with E-state index in [1.807, 2.05) is 0 Å². The summed E-state index contributed by atoms with van der Waals surface area (Å²) in [5.41, 5.74) is 0.985. The predicted octanol–water partition coefficient (Wildman–Crippen LogP) is 5.85.